The summed E-state index contributed by atoms with van der Waals surface area (Å²) >= 11 is 0. The molecule has 97 heavy (non-hydrogen) atoms. The van der Waals surface area contributed by atoms with Gasteiger partial charge >= 0.3 is 0 Å². The van der Waals surface area contributed by atoms with E-state index in [9.17, 15) is 0 Å². The second kappa shape index (κ2) is 23.8. The van der Waals surface area contributed by atoms with Crippen LogP contribution in [0.1, 0.15) is 0 Å². The van der Waals surface area contributed by atoms with Crippen LogP contribution >= 0.6 is 0 Å². The van der Waals surface area contributed by atoms with Gasteiger partial charge in [-0.25, -0.2) is 24.9 Å². The van der Waals surface area contributed by atoms with Crippen LogP contribution in [0.3, 0.4) is 0 Å². The van der Waals surface area contributed by atoms with Gasteiger partial charge in [0, 0.05) is 108 Å². The Hall–Kier alpha value is -13.7. The number of hydrogen-bond donors (Lipinski definition) is 0. The van der Waals surface area contributed by atoms with Crippen molar-refractivity contribution in [1.29, 1.82) is 0 Å². The number of imidazole rings is 1. The highest BCUT2D eigenvalue weighted by atomic mass is 16.4. The quantitative estimate of drug-likeness (QED) is 0.109. The summed E-state index contributed by atoms with van der Waals surface area (Å²) in [6.07, 6.45) is 11.2. The molecule has 0 N–H and O–H groups in total. The molecule has 15 nitrogen and oxygen atoms in total. The maximum absolute atomic E-state index is 5.86. The molecule has 0 aliphatic heterocycles. The highest BCUT2D eigenvalue weighted by Crippen LogP contribution is 2.35. The van der Waals surface area contributed by atoms with Crippen LogP contribution in [-0.2, 0) is 0 Å². The number of aromatic nitrogens is 14. The number of para-hydroxylation sites is 1. The molecule has 0 aliphatic carbocycles. The number of pyridine rings is 6. The first-order valence-corrected chi connectivity index (χ1v) is 31.6. The zero-order valence-corrected chi connectivity index (χ0v) is 51.5. The molecule has 20 aromatic rings. The van der Waals surface area contributed by atoms with E-state index in [2.05, 4.69) is 195 Å². The van der Waals surface area contributed by atoms with Crippen LogP contribution in [0.15, 0.2) is 309 Å². The van der Waals surface area contributed by atoms with Gasteiger partial charge in [0.25, 0.3) is 5.89 Å². The Balaban J connectivity index is 0.000000106. The van der Waals surface area contributed by atoms with Gasteiger partial charge in [-0.2, -0.15) is 0 Å². The lowest BCUT2D eigenvalue weighted by Gasteiger charge is -2.11. The van der Waals surface area contributed by atoms with E-state index in [4.69, 9.17) is 19.4 Å². The lowest BCUT2D eigenvalue weighted by molar-refractivity contribution is 0.582. The van der Waals surface area contributed by atoms with Crippen molar-refractivity contribution in [3.05, 3.63) is 304 Å². The van der Waals surface area contributed by atoms with Crippen molar-refractivity contribution in [3.63, 3.8) is 0 Å². The lowest BCUT2D eigenvalue weighted by atomic mass is 10.0. The molecule has 454 valence electrons. The summed E-state index contributed by atoms with van der Waals surface area (Å²) in [6.45, 7) is 0. The molecule has 0 spiro atoms. The third-order valence-electron chi connectivity index (χ3n) is 17.5. The average molecular weight is 1250 g/mol. The van der Waals surface area contributed by atoms with E-state index in [1.54, 1.807) is 6.20 Å². The van der Waals surface area contributed by atoms with E-state index in [0.717, 1.165) is 149 Å². The second-order valence-corrected chi connectivity index (χ2v) is 23.5. The Morgan fingerprint density at radius 3 is 1.43 bits per heavy atom. The summed E-state index contributed by atoms with van der Waals surface area (Å²) in [4.78, 5) is 37.3. The standard InChI is InChI=1S/C30H19N5.C28H17N5.C24H14N4O/c1-3-8-20(9-4-1)29-33-34-30(35(29)25-11-5-2-6-12-25)26-14-13-22-17-23-18-27-21(10-7-15-31-27)16-24(23)19-28(22)32-26;1-3-20-8-12-23-22(26(20)29-14-1)11-9-21-10-13-24(31-27(21)23)18-4-6-19(7-5-18)25-17-33-16-2-15-30-28(33)32-25;1-2-5-15(6-3-1)23-27-28-24(29-23)20-9-8-17-12-18-13-21-16(7-4-10-25-21)11-19(18)14-22(17)26-20/h1-19H;1-17H;1-14H. The van der Waals surface area contributed by atoms with Crippen molar-refractivity contribution >= 4 is 104 Å². The summed E-state index contributed by atoms with van der Waals surface area (Å²) in [5.74, 6) is 3.08. The maximum Gasteiger partial charge on any atom is 0.266 e. The fraction of sp³-hybridized carbons (Fsp3) is 0. The fourth-order valence-corrected chi connectivity index (χ4v) is 12.7. The largest absolute Gasteiger partial charge is 0.415 e. The third kappa shape index (κ3) is 10.7. The van der Waals surface area contributed by atoms with Crippen molar-refractivity contribution in [2.75, 3.05) is 0 Å². The van der Waals surface area contributed by atoms with Crippen molar-refractivity contribution in [3.8, 4) is 74.1 Å². The van der Waals surface area contributed by atoms with E-state index < -0.39 is 0 Å². The normalized spacial score (nSPS) is 11.5. The molecule has 10 aromatic heterocycles. The Bertz CT molecular complexity index is 6370. The minimum atomic E-state index is 0.411. The van der Waals surface area contributed by atoms with Crippen LogP contribution in [0, 0.1) is 0 Å². The number of hydrogen-bond acceptors (Lipinski definition) is 13. The van der Waals surface area contributed by atoms with Gasteiger partial charge in [0.15, 0.2) is 11.6 Å². The Labute approximate surface area is 552 Å². The minimum absolute atomic E-state index is 0.411. The highest BCUT2D eigenvalue weighted by molar-refractivity contribution is 6.15. The lowest BCUT2D eigenvalue weighted by Crippen LogP contribution is -2.01. The predicted octanol–water partition coefficient (Wildman–Crippen LogP) is 18.8. The molecule has 0 radical (unpaired) electrons. The molecular formula is C82H50N14O. The van der Waals surface area contributed by atoms with E-state index in [1.807, 2.05) is 157 Å². The smallest absolute Gasteiger partial charge is 0.266 e. The fourth-order valence-electron chi connectivity index (χ4n) is 12.7. The number of rotatable bonds is 7. The first-order chi connectivity index (χ1) is 48.0. The van der Waals surface area contributed by atoms with Crippen LogP contribution in [0.2, 0.25) is 0 Å². The average Bonchev–Trinajstić information content (AvgIpc) is 1.57. The summed E-state index contributed by atoms with van der Waals surface area (Å²) < 4.78 is 9.86. The molecule has 0 amide bonds. The van der Waals surface area contributed by atoms with Crippen LogP contribution in [0.25, 0.3) is 178 Å². The minimum Gasteiger partial charge on any atom is -0.415 e. The van der Waals surface area contributed by atoms with Gasteiger partial charge in [-0.1, -0.05) is 152 Å². The van der Waals surface area contributed by atoms with E-state index >= 15 is 0 Å². The molecular weight excluding hydrogens is 1200 g/mol. The molecule has 10 aromatic carbocycles. The number of nitrogens with zero attached hydrogens (tertiary/aromatic N) is 14. The van der Waals surface area contributed by atoms with E-state index in [0.29, 0.717) is 29.1 Å². The Morgan fingerprint density at radius 2 is 0.773 bits per heavy atom. The maximum atomic E-state index is 5.86. The molecule has 10 heterocycles. The molecule has 0 unspecified atom stereocenters. The van der Waals surface area contributed by atoms with Crippen molar-refractivity contribution in [2.24, 2.45) is 0 Å². The molecule has 0 saturated carbocycles. The topological polar surface area (TPSA) is 177 Å². The third-order valence-corrected chi connectivity index (χ3v) is 17.5. The Kier molecular flexibility index (Phi) is 13.8. The van der Waals surface area contributed by atoms with Gasteiger partial charge < -0.3 is 4.42 Å². The van der Waals surface area contributed by atoms with Gasteiger partial charge in [-0.05, 0) is 137 Å². The van der Waals surface area contributed by atoms with Gasteiger partial charge in [0.05, 0.1) is 44.5 Å². The summed E-state index contributed by atoms with van der Waals surface area (Å²) in [5.41, 5.74) is 14.1. The van der Waals surface area contributed by atoms with Crippen LogP contribution in [-0.4, -0.2) is 69.2 Å². The summed E-state index contributed by atoms with van der Waals surface area (Å²) in [5, 5.41) is 30.9. The highest BCUT2D eigenvalue weighted by Gasteiger charge is 2.20. The van der Waals surface area contributed by atoms with Crippen LogP contribution in [0.5, 0.6) is 0 Å². The van der Waals surface area contributed by atoms with Gasteiger partial charge in [-0.15, -0.1) is 20.4 Å². The molecule has 0 atom stereocenters. The summed E-state index contributed by atoms with van der Waals surface area (Å²) in [6, 6.07) is 90.4. The van der Waals surface area contributed by atoms with Crippen molar-refractivity contribution in [1.82, 2.24) is 69.2 Å². The molecule has 0 bridgehead atoms. The van der Waals surface area contributed by atoms with Crippen molar-refractivity contribution in [2.45, 2.75) is 0 Å². The number of benzene rings is 10. The molecule has 0 fully saturated rings. The van der Waals surface area contributed by atoms with E-state index in [-0.39, 0.29) is 0 Å². The van der Waals surface area contributed by atoms with Crippen LogP contribution < -0.4 is 0 Å². The zero-order chi connectivity index (χ0) is 64.2. The predicted molar refractivity (Wildman–Crippen MR) is 386 cm³/mol. The number of fused-ring (bicyclic) bond motifs is 12. The molecule has 0 aliphatic rings. The first kappa shape index (κ1) is 56.1. The molecule has 15 heteroatoms. The van der Waals surface area contributed by atoms with Gasteiger partial charge in [0.1, 0.15) is 11.4 Å². The first-order valence-electron chi connectivity index (χ1n) is 31.6. The monoisotopic (exact) mass is 1250 g/mol. The Morgan fingerprint density at radius 1 is 0.278 bits per heavy atom. The second-order valence-electron chi connectivity index (χ2n) is 23.5. The zero-order valence-electron chi connectivity index (χ0n) is 51.5. The van der Waals surface area contributed by atoms with Gasteiger partial charge in [-0.3, -0.25) is 23.9 Å². The van der Waals surface area contributed by atoms with E-state index in [1.165, 1.54) is 0 Å². The molecule has 20 rings (SSSR count). The van der Waals surface area contributed by atoms with Crippen molar-refractivity contribution < 1.29 is 4.42 Å². The SMILES string of the molecule is c1ccc(-c2nnc(-c3ccc4cc5cc6ncccc6cc5cc4n3)n2-c2ccccc2)cc1.c1ccc(-c2nnc(-c3ccc4cc5cc6ncccc6cc5cc4n3)o2)cc1.c1cnc2c(c1)ccc1c2ccc2ccc(-c3ccc(-c4cn5cccnc5n4)cc3)nc21. The van der Waals surface area contributed by atoms with Gasteiger partial charge in [0.2, 0.25) is 11.7 Å². The summed E-state index contributed by atoms with van der Waals surface area (Å²) in [7, 11) is 0. The van der Waals surface area contributed by atoms with Crippen LogP contribution in [0.4, 0.5) is 0 Å². The molecule has 0 saturated heterocycles.